The fourth-order valence-corrected chi connectivity index (χ4v) is 1.37. The van der Waals surface area contributed by atoms with Crippen molar-refractivity contribution >= 4 is 12.0 Å². The maximum absolute atomic E-state index is 11.5. The Labute approximate surface area is 95.1 Å². The zero-order chi connectivity index (χ0) is 12.1. The molecule has 1 saturated heterocycles. The summed E-state index contributed by atoms with van der Waals surface area (Å²) in [5, 5.41) is 2.74. The molecule has 0 bridgehead atoms. The van der Waals surface area contributed by atoms with E-state index in [2.05, 4.69) is 5.32 Å². The maximum atomic E-state index is 11.5. The molecular formula is C10H19N3O3. The fourth-order valence-electron chi connectivity index (χ4n) is 1.37. The van der Waals surface area contributed by atoms with Gasteiger partial charge in [-0.15, -0.1) is 0 Å². The molecule has 0 aromatic heterocycles. The lowest BCUT2D eigenvalue weighted by molar-refractivity contribution is -0.121. The smallest absolute Gasteiger partial charge is 0.410 e. The Hall–Kier alpha value is -1.30. The summed E-state index contributed by atoms with van der Waals surface area (Å²) in [4.78, 5) is 24.1. The van der Waals surface area contributed by atoms with Crippen LogP contribution in [0.4, 0.5) is 4.79 Å². The van der Waals surface area contributed by atoms with Gasteiger partial charge in [0.05, 0.1) is 6.54 Å². The first-order valence-corrected chi connectivity index (χ1v) is 5.45. The molecule has 1 aliphatic rings. The Morgan fingerprint density at radius 2 is 2.38 bits per heavy atom. The lowest BCUT2D eigenvalue weighted by Crippen LogP contribution is -2.39. The molecule has 0 aromatic carbocycles. The SMILES string of the molecule is CC(C)CNC(=O)CN1CC(CN)OC1=O. The van der Waals surface area contributed by atoms with Gasteiger partial charge in [0.15, 0.2) is 0 Å². The molecule has 1 unspecified atom stereocenters. The molecule has 0 saturated carbocycles. The minimum Gasteiger partial charge on any atom is -0.443 e. The lowest BCUT2D eigenvalue weighted by Gasteiger charge is -2.13. The molecule has 0 aromatic rings. The molecule has 2 amide bonds. The summed E-state index contributed by atoms with van der Waals surface area (Å²) in [5.74, 6) is 0.231. The van der Waals surface area contributed by atoms with Crippen LogP contribution in [0.25, 0.3) is 0 Å². The van der Waals surface area contributed by atoms with Crippen LogP contribution >= 0.6 is 0 Å². The van der Waals surface area contributed by atoms with Crippen molar-refractivity contribution in [2.24, 2.45) is 11.7 Å². The molecular weight excluding hydrogens is 210 g/mol. The van der Waals surface area contributed by atoms with E-state index in [4.69, 9.17) is 10.5 Å². The molecule has 1 atom stereocenters. The van der Waals surface area contributed by atoms with E-state index in [9.17, 15) is 9.59 Å². The Morgan fingerprint density at radius 3 is 2.88 bits per heavy atom. The van der Waals surface area contributed by atoms with E-state index in [0.717, 1.165) is 0 Å². The van der Waals surface area contributed by atoms with Crippen LogP contribution in [0.2, 0.25) is 0 Å². The van der Waals surface area contributed by atoms with E-state index in [-0.39, 0.29) is 25.1 Å². The molecule has 6 nitrogen and oxygen atoms in total. The van der Waals surface area contributed by atoms with Gasteiger partial charge in [0.1, 0.15) is 12.6 Å². The van der Waals surface area contributed by atoms with Crippen LogP contribution in [0, 0.1) is 5.92 Å². The summed E-state index contributed by atoms with van der Waals surface area (Å²) in [6.07, 6.45) is -0.749. The number of carbonyl (C=O) groups is 2. The zero-order valence-corrected chi connectivity index (χ0v) is 9.73. The first-order valence-electron chi connectivity index (χ1n) is 5.45. The molecule has 16 heavy (non-hydrogen) atoms. The van der Waals surface area contributed by atoms with Gasteiger partial charge in [0.25, 0.3) is 0 Å². The average Bonchev–Trinajstić information content (AvgIpc) is 2.57. The largest absolute Gasteiger partial charge is 0.443 e. The highest BCUT2D eigenvalue weighted by Crippen LogP contribution is 2.09. The Morgan fingerprint density at radius 1 is 1.69 bits per heavy atom. The van der Waals surface area contributed by atoms with Gasteiger partial charge in [-0.2, -0.15) is 0 Å². The van der Waals surface area contributed by atoms with Crippen molar-refractivity contribution in [1.29, 1.82) is 0 Å². The molecule has 1 rings (SSSR count). The van der Waals surface area contributed by atoms with Crippen molar-refractivity contribution in [2.45, 2.75) is 20.0 Å². The molecule has 92 valence electrons. The summed E-state index contributed by atoms with van der Waals surface area (Å²) in [6.45, 7) is 5.36. The molecule has 3 N–H and O–H groups in total. The van der Waals surface area contributed by atoms with Crippen molar-refractivity contribution in [3.8, 4) is 0 Å². The first kappa shape index (κ1) is 12.8. The number of nitrogens with one attached hydrogen (secondary N) is 1. The van der Waals surface area contributed by atoms with Crippen molar-refractivity contribution in [1.82, 2.24) is 10.2 Å². The highest BCUT2D eigenvalue weighted by atomic mass is 16.6. The van der Waals surface area contributed by atoms with E-state index in [1.807, 2.05) is 13.8 Å². The number of amides is 2. The lowest BCUT2D eigenvalue weighted by atomic mass is 10.2. The predicted octanol–water partition coefficient (Wildman–Crippen LogP) is -0.462. The van der Waals surface area contributed by atoms with Gasteiger partial charge in [0.2, 0.25) is 5.91 Å². The number of hydrogen-bond donors (Lipinski definition) is 2. The number of ether oxygens (including phenoxy) is 1. The van der Waals surface area contributed by atoms with Crippen molar-refractivity contribution in [3.05, 3.63) is 0 Å². The summed E-state index contributed by atoms with van der Waals surface area (Å²) in [5.41, 5.74) is 5.38. The van der Waals surface area contributed by atoms with Gasteiger partial charge in [-0.25, -0.2) is 4.79 Å². The van der Waals surface area contributed by atoms with Crippen LogP contribution in [0.1, 0.15) is 13.8 Å². The number of rotatable bonds is 5. The first-order chi connectivity index (χ1) is 7.52. The summed E-state index contributed by atoms with van der Waals surface area (Å²) < 4.78 is 4.93. The van der Waals surface area contributed by atoms with Crippen molar-refractivity contribution in [2.75, 3.05) is 26.2 Å². The van der Waals surface area contributed by atoms with Crippen LogP contribution in [-0.2, 0) is 9.53 Å². The molecule has 1 fully saturated rings. The van der Waals surface area contributed by atoms with Gasteiger partial charge < -0.3 is 15.8 Å². The average molecular weight is 229 g/mol. The molecule has 0 aliphatic carbocycles. The van der Waals surface area contributed by atoms with Gasteiger partial charge in [-0.1, -0.05) is 13.8 Å². The predicted molar refractivity (Wildman–Crippen MR) is 58.7 cm³/mol. The molecule has 1 heterocycles. The zero-order valence-electron chi connectivity index (χ0n) is 9.73. The Bertz CT molecular complexity index is 268. The number of hydrogen-bond acceptors (Lipinski definition) is 4. The monoisotopic (exact) mass is 229 g/mol. The van der Waals surface area contributed by atoms with Crippen molar-refractivity contribution < 1.29 is 14.3 Å². The van der Waals surface area contributed by atoms with E-state index in [1.165, 1.54) is 4.90 Å². The maximum Gasteiger partial charge on any atom is 0.410 e. The molecule has 0 radical (unpaired) electrons. The standard InChI is InChI=1S/C10H19N3O3/c1-7(2)4-12-9(14)6-13-5-8(3-11)16-10(13)15/h7-8H,3-6,11H2,1-2H3,(H,12,14). The van der Waals surface area contributed by atoms with Gasteiger partial charge in [-0.05, 0) is 5.92 Å². The van der Waals surface area contributed by atoms with Gasteiger partial charge in [-0.3, -0.25) is 9.69 Å². The second-order valence-electron chi connectivity index (χ2n) is 4.32. The molecule has 1 aliphatic heterocycles. The molecule has 0 spiro atoms. The van der Waals surface area contributed by atoms with Gasteiger partial charge in [0, 0.05) is 13.1 Å². The van der Waals surface area contributed by atoms with Crippen LogP contribution in [-0.4, -0.2) is 49.2 Å². The quantitative estimate of drug-likeness (QED) is 0.668. The second kappa shape index (κ2) is 5.69. The number of carbonyl (C=O) groups excluding carboxylic acids is 2. The van der Waals surface area contributed by atoms with Crippen LogP contribution in [0.5, 0.6) is 0 Å². The van der Waals surface area contributed by atoms with E-state index >= 15 is 0 Å². The van der Waals surface area contributed by atoms with Crippen LogP contribution in [0.15, 0.2) is 0 Å². The Kier molecular flexibility index (Phi) is 4.54. The number of nitrogens with two attached hydrogens (primary N) is 1. The topological polar surface area (TPSA) is 84.7 Å². The third-order valence-corrected chi connectivity index (χ3v) is 2.25. The minimum absolute atomic E-state index is 0.0437. The second-order valence-corrected chi connectivity index (χ2v) is 4.32. The summed E-state index contributed by atoms with van der Waals surface area (Å²) >= 11 is 0. The van der Waals surface area contributed by atoms with E-state index in [0.29, 0.717) is 19.0 Å². The number of cyclic esters (lactones) is 1. The van der Waals surface area contributed by atoms with E-state index < -0.39 is 6.09 Å². The number of nitrogens with zero attached hydrogens (tertiary/aromatic N) is 1. The highest BCUT2D eigenvalue weighted by Gasteiger charge is 2.31. The summed E-state index contributed by atoms with van der Waals surface area (Å²) in [7, 11) is 0. The van der Waals surface area contributed by atoms with Crippen molar-refractivity contribution in [3.63, 3.8) is 0 Å². The minimum atomic E-state index is -0.463. The fraction of sp³-hybridized carbons (Fsp3) is 0.800. The van der Waals surface area contributed by atoms with Crippen LogP contribution < -0.4 is 11.1 Å². The van der Waals surface area contributed by atoms with E-state index in [1.54, 1.807) is 0 Å². The highest BCUT2D eigenvalue weighted by molar-refractivity contribution is 5.82. The Balaban J connectivity index is 2.31. The normalized spacial score (nSPS) is 20.1. The van der Waals surface area contributed by atoms with Gasteiger partial charge >= 0.3 is 6.09 Å². The molecule has 6 heteroatoms. The summed E-state index contributed by atoms with van der Waals surface area (Å²) in [6, 6.07) is 0. The third-order valence-electron chi connectivity index (χ3n) is 2.25. The third kappa shape index (κ3) is 3.69. The van der Waals surface area contributed by atoms with Crippen LogP contribution in [0.3, 0.4) is 0 Å².